The second-order valence-corrected chi connectivity index (χ2v) is 4.45. The van der Waals surface area contributed by atoms with Crippen molar-refractivity contribution >= 4 is 23.5 Å². The van der Waals surface area contributed by atoms with E-state index in [1.807, 2.05) is 0 Å². The monoisotopic (exact) mass is 290 g/mol. The molecule has 0 aliphatic rings. The van der Waals surface area contributed by atoms with E-state index in [2.05, 4.69) is 10.3 Å². The first-order valence-corrected chi connectivity index (χ1v) is 6.16. The smallest absolute Gasteiger partial charge is 0.322 e. The highest BCUT2D eigenvalue weighted by molar-refractivity contribution is 6.30. The molecule has 0 unspecified atom stereocenters. The first kappa shape index (κ1) is 14.0. The van der Waals surface area contributed by atoms with Gasteiger partial charge < -0.3 is 10.4 Å². The molecule has 1 aromatic heterocycles. The molecule has 0 spiro atoms. The van der Waals surface area contributed by atoms with Crippen LogP contribution in [0.3, 0.4) is 0 Å². The van der Waals surface area contributed by atoms with Crippen molar-refractivity contribution in [3.05, 3.63) is 53.2 Å². The van der Waals surface area contributed by atoms with Crippen LogP contribution >= 0.6 is 11.6 Å². The van der Waals surface area contributed by atoms with Gasteiger partial charge in [-0.15, -0.1) is 0 Å². The number of carboxylic acids is 1. The molecule has 20 heavy (non-hydrogen) atoms. The van der Waals surface area contributed by atoms with Crippen LogP contribution in [0.2, 0.25) is 5.02 Å². The van der Waals surface area contributed by atoms with Crippen LogP contribution in [-0.4, -0.2) is 28.5 Å². The van der Waals surface area contributed by atoms with Crippen LogP contribution in [0.15, 0.2) is 42.6 Å². The molecule has 0 saturated heterocycles. The van der Waals surface area contributed by atoms with E-state index < -0.39 is 18.4 Å². The number of nitrogens with one attached hydrogen (secondary N) is 1. The Morgan fingerprint density at radius 1 is 1.15 bits per heavy atom. The maximum atomic E-state index is 11.6. The summed E-state index contributed by atoms with van der Waals surface area (Å²) >= 11 is 5.76. The van der Waals surface area contributed by atoms with E-state index >= 15 is 0 Å². The number of pyridine rings is 1. The van der Waals surface area contributed by atoms with Gasteiger partial charge in [-0.2, -0.15) is 0 Å². The SMILES string of the molecule is O=C(O)CNC(=O)c1ccc(-c2ccc(Cl)cn2)cc1. The molecule has 0 radical (unpaired) electrons. The van der Waals surface area contributed by atoms with Crippen LogP contribution in [0, 0.1) is 0 Å². The Labute approximate surface area is 120 Å². The molecule has 0 aliphatic carbocycles. The van der Waals surface area contributed by atoms with Crippen LogP contribution in [0.25, 0.3) is 11.3 Å². The third kappa shape index (κ3) is 3.55. The molecule has 0 atom stereocenters. The fourth-order valence-electron chi connectivity index (χ4n) is 1.60. The molecule has 6 heteroatoms. The highest BCUT2D eigenvalue weighted by Crippen LogP contribution is 2.19. The van der Waals surface area contributed by atoms with Crippen LogP contribution in [0.1, 0.15) is 10.4 Å². The summed E-state index contributed by atoms with van der Waals surface area (Å²) in [5.74, 6) is -1.51. The maximum absolute atomic E-state index is 11.6. The lowest BCUT2D eigenvalue weighted by Crippen LogP contribution is -2.29. The fourth-order valence-corrected chi connectivity index (χ4v) is 1.71. The molecule has 5 nitrogen and oxygen atoms in total. The number of carbonyl (C=O) groups is 2. The highest BCUT2D eigenvalue weighted by atomic mass is 35.5. The summed E-state index contributed by atoms with van der Waals surface area (Å²) in [4.78, 5) is 26.2. The molecular formula is C14H11ClN2O3. The Hall–Kier alpha value is -2.40. The zero-order valence-electron chi connectivity index (χ0n) is 10.3. The average Bonchev–Trinajstić information content (AvgIpc) is 2.46. The first-order valence-electron chi connectivity index (χ1n) is 5.78. The van der Waals surface area contributed by atoms with E-state index in [4.69, 9.17) is 16.7 Å². The number of benzene rings is 1. The summed E-state index contributed by atoms with van der Waals surface area (Å²) < 4.78 is 0. The molecule has 102 valence electrons. The van der Waals surface area contributed by atoms with E-state index in [1.165, 1.54) is 0 Å². The molecule has 2 rings (SSSR count). The van der Waals surface area contributed by atoms with Crippen LogP contribution in [-0.2, 0) is 4.79 Å². The first-order chi connectivity index (χ1) is 9.56. The van der Waals surface area contributed by atoms with Crippen molar-refractivity contribution in [2.45, 2.75) is 0 Å². The third-order valence-electron chi connectivity index (χ3n) is 2.57. The van der Waals surface area contributed by atoms with Gasteiger partial charge in [0.25, 0.3) is 5.91 Å². The molecule has 1 amide bonds. The number of aromatic nitrogens is 1. The van der Waals surface area contributed by atoms with Gasteiger partial charge in [0.15, 0.2) is 0 Å². The van der Waals surface area contributed by atoms with Crippen LogP contribution in [0.4, 0.5) is 0 Å². The number of aliphatic carboxylic acids is 1. The van der Waals surface area contributed by atoms with Gasteiger partial charge in [0.05, 0.1) is 10.7 Å². The van der Waals surface area contributed by atoms with Gasteiger partial charge in [0.2, 0.25) is 0 Å². The van der Waals surface area contributed by atoms with Gasteiger partial charge in [-0.3, -0.25) is 14.6 Å². The number of carboxylic acid groups (broad SMARTS) is 1. The third-order valence-corrected chi connectivity index (χ3v) is 2.79. The van der Waals surface area contributed by atoms with Gasteiger partial charge >= 0.3 is 5.97 Å². The van der Waals surface area contributed by atoms with Gasteiger partial charge in [-0.1, -0.05) is 23.7 Å². The summed E-state index contributed by atoms with van der Waals surface area (Å²) in [7, 11) is 0. The number of rotatable bonds is 4. The van der Waals surface area contributed by atoms with E-state index in [0.29, 0.717) is 10.6 Å². The van der Waals surface area contributed by atoms with E-state index in [9.17, 15) is 9.59 Å². The average molecular weight is 291 g/mol. The Balaban J connectivity index is 2.11. The molecule has 0 bridgehead atoms. The van der Waals surface area contributed by atoms with Gasteiger partial charge in [-0.25, -0.2) is 0 Å². The zero-order chi connectivity index (χ0) is 14.5. The second kappa shape index (κ2) is 6.16. The Morgan fingerprint density at radius 3 is 2.40 bits per heavy atom. The molecular weight excluding hydrogens is 280 g/mol. The lowest BCUT2D eigenvalue weighted by Gasteiger charge is -2.04. The topological polar surface area (TPSA) is 79.3 Å². The normalized spacial score (nSPS) is 10.1. The summed E-state index contributed by atoms with van der Waals surface area (Å²) in [5, 5.41) is 11.3. The van der Waals surface area contributed by atoms with E-state index in [0.717, 1.165) is 11.3 Å². The predicted molar refractivity (Wildman–Crippen MR) is 74.7 cm³/mol. The zero-order valence-corrected chi connectivity index (χ0v) is 11.1. The predicted octanol–water partition coefficient (Wildman–Crippen LogP) is 2.22. The van der Waals surface area contributed by atoms with Crippen molar-refractivity contribution in [3.63, 3.8) is 0 Å². The maximum Gasteiger partial charge on any atom is 0.322 e. The second-order valence-electron chi connectivity index (χ2n) is 4.02. The van der Waals surface area contributed by atoms with Crippen LogP contribution in [0.5, 0.6) is 0 Å². The Kier molecular flexibility index (Phi) is 4.32. The Morgan fingerprint density at radius 2 is 1.85 bits per heavy atom. The molecule has 2 N–H and O–H groups in total. The standard InChI is InChI=1S/C14H11ClN2O3/c15-11-5-6-12(16-7-11)9-1-3-10(4-2-9)14(20)17-8-13(18)19/h1-7H,8H2,(H,17,20)(H,18,19). The van der Waals surface area contributed by atoms with Crippen molar-refractivity contribution < 1.29 is 14.7 Å². The quantitative estimate of drug-likeness (QED) is 0.905. The van der Waals surface area contributed by atoms with Crippen molar-refractivity contribution in [2.75, 3.05) is 6.54 Å². The van der Waals surface area contributed by atoms with E-state index in [1.54, 1.807) is 42.6 Å². The van der Waals surface area contributed by atoms with E-state index in [-0.39, 0.29) is 0 Å². The molecule has 1 heterocycles. The van der Waals surface area contributed by atoms with Gasteiger partial charge in [0.1, 0.15) is 6.54 Å². The van der Waals surface area contributed by atoms with Gasteiger partial charge in [-0.05, 0) is 24.3 Å². The van der Waals surface area contributed by atoms with Crippen LogP contribution < -0.4 is 5.32 Å². The summed E-state index contributed by atoms with van der Waals surface area (Å²) in [6, 6.07) is 10.2. The van der Waals surface area contributed by atoms with Crippen molar-refractivity contribution in [2.24, 2.45) is 0 Å². The van der Waals surface area contributed by atoms with Gasteiger partial charge in [0, 0.05) is 17.3 Å². The molecule has 2 aromatic rings. The molecule has 0 aliphatic heterocycles. The summed E-state index contributed by atoms with van der Waals surface area (Å²) in [6.07, 6.45) is 1.55. The number of halogens is 1. The summed E-state index contributed by atoms with van der Waals surface area (Å²) in [6.45, 7) is -0.403. The number of carbonyl (C=O) groups excluding carboxylic acids is 1. The minimum atomic E-state index is -1.08. The molecule has 0 fully saturated rings. The summed E-state index contributed by atoms with van der Waals surface area (Å²) in [5.41, 5.74) is 1.98. The number of hydrogen-bond acceptors (Lipinski definition) is 3. The highest BCUT2D eigenvalue weighted by Gasteiger charge is 2.07. The van der Waals surface area contributed by atoms with Crippen molar-refractivity contribution in [3.8, 4) is 11.3 Å². The van der Waals surface area contributed by atoms with Crippen molar-refractivity contribution in [1.29, 1.82) is 0 Å². The number of nitrogens with zero attached hydrogens (tertiary/aromatic N) is 1. The molecule has 1 aromatic carbocycles. The molecule has 0 saturated carbocycles. The largest absolute Gasteiger partial charge is 0.480 e. The Bertz CT molecular complexity index is 624. The minimum Gasteiger partial charge on any atom is -0.480 e. The fraction of sp³-hybridized carbons (Fsp3) is 0.0714. The lowest BCUT2D eigenvalue weighted by molar-refractivity contribution is -0.135. The minimum absolute atomic E-state index is 0.393. The lowest BCUT2D eigenvalue weighted by atomic mass is 10.1. The number of amides is 1. The number of hydrogen-bond donors (Lipinski definition) is 2. The van der Waals surface area contributed by atoms with Crippen molar-refractivity contribution in [1.82, 2.24) is 10.3 Å².